The van der Waals surface area contributed by atoms with E-state index in [2.05, 4.69) is 15.5 Å². The third-order valence-electron chi connectivity index (χ3n) is 4.74. The van der Waals surface area contributed by atoms with Gasteiger partial charge in [-0.2, -0.15) is 4.98 Å². The van der Waals surface area contributed by atoms with Crippen LogP contribution in [0.1, 0.15) is 25.1 Å². The van der Waals surface area contributed by atoms with E-state index < -0.39 is 6.10 Å². The van der Waals surface area contributed by atoms with E-state index in [1.54, 1.807) is 18.2 Å². The first kappa shape index (κ1) is 16.8. The summed E-state index contributed by atoms with van der Waals surface area (Å²) < 4.78 is 15.9. The Morgan fingerprint density at radius 3 is 3.00 bits per heavy atom. The van der Waals surface area contributed by atoms with Gasteiger partial charge in [-0.05, 0) is 37.5 Å². The number of benzene rings is 1. The summed E-state index contributed by atoms with van der Waals surface area (Å²) in [7, 11) is 0. The zero-order chi connectivity index (χ0) is 18.1. The van der Waals surface area contributed by atoms with Crippen molar-refractivity contribution in [3.8, 4) is 23.0 Å². The second kappa shape index (κ2) is 6.93. The van der Waals surface area contributed by atoms with Gasteiger partial charge in [-0.25, -0.2) is 0 Å². The Labute approximate surface area is 149 Å². The smallest absolute Gasteiger partial charge is 0.258 e. The van der Waals surface area contributed by atoms with E-state index >= 15 is 0 Å². The number of nitrogens with zero attached hydrogens (tertiary/aromatic N) is 2. The van der Waals surface area contributed by atoms with E-state index in [1.807, 2.05) is 0 Å². The standard InChI is InChI=1S/C17H20N4O5/c18-11-5-9(1-3-12(11)22)16(23)19-7-15-20-17(26-21-15)10-2-4-13-14(6-10)25-8-24-13/h2,4,6,9,11-12,22H,1,3,5,7-8,18H2,(H,19,23)/t9-,11+,12+/m0/s1. The Morgan fingerprint density at radius 1 is 1.31 bits per heavy atom. The molecule has 3 atom stereocenters. The van der Waals surface area contributed by atoms with Crippen LogP contribution in [0.2, 0.25) is 0 Å². The van der Waals surface area contributed by atoms with Crippen LogP contribution < -0.4 is 20.5 Å². The lowest BCUT2D eigenvalue weighted by molar-refractivity contribution is -0.127. The van der Waals surface area contributed by atoms with E-state index in [4.69, 9.17) is 19.7 Å². The number of nitrogens with two attached hydrogens (primary N) is 1. The Balaban J connectivity index is 1.36. The number of carbonyl (C=O) groups is 1. The number of aliphatic hydroxyl groups excluding tert-OH is 1. The van der Waals surface area contributed by atoms with Gasteiger partial charge < -0.3 is 30.2 Å². The number of carbonyl (C=O) groups excluding carboxylic acids is 1. The summed E-state index contributed by atoms with van der Waals surface area (Å²) >= 11 is 0. The molecule has 0 unspecified atom stereocenters. The van der Waals surface area contributed by atoms with Gasteiger partial charge >= 0.3 is 0 Å². The summed E-state index contributed by atoms with van der Waals surface area (Å²) in [6.45, 7) is 0.364. The van der Waals surface area contributed by atoms with E-state index in [-0.39, 0.29) is 31.2 Å². The zero-order valence-corrected chi connectivity index (χ0v) is 14.1. The van der Waals surface area contributed by atoms with Crippen molar-refractivity contribution < 1.29 is 23.9 Å². The van der Waals surface area contributed by atoms with Crippen molar-refractivity contribution in [2.24, 2.45) is 11.7 Å². The minimum Gasteiger partial charge on any atom is -0.454 e. The minimum absolute atomic E-state index is 0.109. The molecule has 1 aromatic heterocycles. The number of aromatic nitrogens is 2. The van der Waals surface area contributed by atoms with Crippen LogP contribution in [0.25, 0.3) is 11.5 Å². The van der Waals surface area contributed by atoms with Crippen LogP contribution in [0, 0.1) is 5.92 Å². The van der Waals surface area contributed by atoms with E-state index in [1.165, 1.54) is 0 Å². The van der Waals surface area contributed by atoms with Crippen LogP contribution in [0.5, 0.6) is 11.5 Å². The molecule has 0 bridgehead atoms. The fraction of sp³-hybridized carbons (Fsp3) is 0.471. The van der Waals surface area contributed by atoms with Crippen molar-refractivity contribution in [1.29, 1.82) is 0 Å². The molecule has 1 aliphatic heterocycles. The molecule has 1 saturated carbocycles. The number of hydrogen-bond acceptors (Lipinski definition) is 8. The Bertz CT molecular complexity index is 808. The molecular formula is C17H20N4O5. The van der Waals surface area contributed by atoms with Crippen molar-refractivity contribution >= 4 is 5.91 Å². The molecule has 0 spiro atoms. The van der Waals surface area contributed by atoms with E-state index in [9.17, 15) is 9.90 Å². The van der Waals surface area contributed by atoms with E-state index in [0.717, 1.165) is 0 Å². The predicted octanol–water partition coefficient (Wildman–Crippen LogP) is 0.570. The summed E-state index contributed by atoms with van der Waals surface area (Å²) in [6, 6.07) is 5.00. The zero-order valence-electron chi connectivity index (χ0n) is 14.1. The molecule has 4 rings (SSSR count). The van der Waals surface area contributed by atoms with Crippen LogP contribution in [-0.4, -0.2) is 40.1 Å². The van der Waals surface area contributed by atoms with Crippen LogP contribution in [0.15, 0.2) is 22.7 Å². The van der Waals surface area contributed by atoms with Crippen molar-refractivity contribution in [2.45, 2.75) is 38.0 Å². The van der Waals surface area contributed by atoms with Gasteiger partial charge in [0.25, 0.3) is 5.89 Å². The predicted molar refractivity (Wildman–Crippen MR) is 89.0 cm³/mol. The largest absolute Gasteiger partial charge is 0.454 e. The Kier molecular flexibility index (Phi) is 4.48. The van der Waals surface area contributed by atoms with Crippen LogP contribution in [0.4, 0.5) is 0 Å². The third kappa shape index (κ3) is 3.35. The number of hydrogen-bond donors (Lipinski definition) is 3. The molecule has 1 aromatic carbocycles. The molecule has 1 amide bonds. The molecule has 0 saturated heterocycles. The van der Waals surface area contributed by atoms with Gasteiger partial charge in [0.05, 0.1) is 12.6 Å². The highest BCUT2D eigenvalue weighted by atomic mass is 16.7. The topological polar surface area (TPSA) is 133 Å². The summed E-state index contributed by atoms with van der Waals surface area (Å²) in [4.78, 5) is 16.6. The minimum atomic E-state index is -0.527. The molecule has 9 nitrogen and oxygen atoms in total. The van der Waals surface area contributed by atoms with Gasteiger partial charge in [0, 0.05) is 17.5 Å². The third-order valence-corrected chi connectivity index (χ3v) is 4.74. The monoisotopic (exact) mass is 360 g/mol. The van der Waals surface area contributed by atoms with Gasteiger partial charge in [0.1, 0.15) is 0 Å². The summed E-state index contributed by atoms with van der Waals surface area (Å²) in [6.07, 6.45) is 1.10. The maximum Gasteiger partial charge on any atom is 0.258 e. The van der Waals surface area contributed by atoms with E-state index in [0.29, 0.717) is 48.0 Å². The summed E-state index contributed by atoms with van der Waals surface area (Å²) in [5, 5.41) is 16.3. The van der Waals surface area contributed by atoms with Gasteiger partial charge in [0.2, 0.25) is 12.7 Å². The molecule has 1 aliphatic carbocycles. The quantitative estimate of drug-likeness (QED) is 0.721. The Morgan fingerprint density at radius 2 is 2.15 bits per heavy atom. The average Bonchev–Trinajstić information content (AvgIpc) is 3.30. The SMILES string of the molecule is N[C@@H]1C[C@@H](C(=O)NCc2noc(-c3ccc4c(c3)OCO4)n2)CC[C@H]1O. The van der Waals surface area contributed by atoms with Crippen molar-refractivity contribution in [2.75, 3.05) is 6.79 Å². The van der Waals surface area contributed by atoms with Crippen LogP contribution >= 0.6 is 0 Å². The number of nitrogens with one attached hydrogen (secondary N) is 1. The van der Waals surface area contributed by atoms with Gasteiger partial charge in [0.15, 0.2) is 17.3 Å². The molecule has 2 aliphatic rings. The number of fused-ring (bicyclic) bond motifs is 1. The average molecular weight is 360 g/mol. The van der Waals surface area contributed by atoms with Gasteiger partial charge in [-0.3, -0.25) is 4.79 Å². The molecule has 0 radical (unpaired) electrons. The fourth-order valence-corrected chi connectivity index (χ4v) is 3.21. The molecular weight excluding hydrogens is 340 g/mol. The molecule has 26 heavy (non-hydrogen) atoms. The molecule has 1 fully saturated rings. The second-order valence-corrected chi connectivity index (χ2v) is 6.54. The van der Waals surface area contributed by atoms with Crippen molar-refractivity contribution in [3.63, 3.8) is 0 Å². The lowest BCUT2D eigenvalue weighted by atomic mass is 9.84. The lowest BCUT2D eigenvalue weighted by Crippen LogP contribution is -2.44. The highest BCUT2D eigenvalue weighted by Gasteiger charge is 2.30. The van der Waals surface area contributed by atoms with Gasteiger partial charge in [-0.15, -0.1) is 0 Å². The number of aliphatic hydroxyl groups is 1. The number of amides is 1. The Hall–Kier alpha value is -2.65. The van der Waals surface area contributed by atoms with Crippen LogP contribution in [0.3, 0.4) is 0 Å². The van der Waals surface area contributed by atoms with Crippen molar-refractivity contribution in [3.05, 3.63) is 24.0 Å². The highest BCUT2D eigenvalue weighted by molar-refractivity contribution is 5.78. The first-order valence-corrected chi connectivity index (χ1v) is 8.54. The fourth-order valence-electron chi connectivity index (χ4n) is 3.21. The number of rotatable bonds is 4. The molecule has 2 heterocycles. The van der Waals surface area contributed by atoms with Gasteiger partial charge in [-0.1, -0.05) is 5.16 Å². The summed E-state index contributed by atoms with van der Waals surface area (Å²) in [5.41, 5.74) is 6.55. The first-order valence-electron chi connectivity index (χ1n) is 8.54. The lowest BCUT2D eigenvalue weighted by Gasteiger charge is -2.29. The normalized spacial score (nSPS) is 24.5. The van der Waals surface area contributed by atoms with Crippen molar-refractivity contribution in [1.82, 2.24) is 15.5 Å². The summed E-state index contributed by atoms with van der Waals surface area (Å²) in [5.74, 6) is 1.72. The maximum absolute atomic E-state index is 12.3. The molecule has 138 valence electrons. The number of ether oxygens (including phenoxy) is 2. The highest BCUT2D eigenvalue weighted by Crippen LogP contribution is 2.35. The second-order valence-electron chi connectivity index (χ2n) is 6.54. The van der Waals surface area contributed by atoms with Crippen LogP contribution in [-0.2, 0) is 11.3 Å². The maximum atomic E-state index is 12.3. The first-order chi connectivity index (χ1) is 12.6. The molecule has 4 N–H and O–H groups in total. The molecule has 9 heteroatoms. The molecule has 2 aromatic rings.